The number of benzene rings is 2. The lowest BCUT2D eigenvalue weighted by Crippen LogP contribution is -2.37. The second kappa shape index (κ2) is 11.0. The molecular weight excluding hydrogens is 598 g/mol. The molecule has 1 heterocycles. The minimum Gasteiger partial charge on any atom is -0.493 e. The van der Waals surface area contributed by atoms with Crippen molar-refractivity contribution in [2.24, 2.45) is 10.8 Å². The molecule has 42 heavy (non-hydrogen) atoms. The van der Waals surface area contributed by atoms with Crippen molar-refractivity contribution in [3.8, 4) is 11.5 Å². The summed E-state index contributed by atoms with van der Waals surface area (Å²) in [6.45, 7) is 11.9. The van der Waals surface area contributed by atoms with Crippen LogP contribution in [0, 0.1) is 24.7 Å². The van der Waals surface area contributed by atoms with Gasteiger partial charge < -0.3 is 19.5 Å². The summed E-state index contributed by atoms with van der Waals surface area (Å²) in [5.41, 5.74) is 4.10. The van der Waals surface area contributed by atoms with Crippen molar-refractivity contribution < 1.29 is 28.6 Å². The summed E-state index contributed by atoms with van der Waals surface area (Å²) in [7, 11) is 1.52. The van der Waals surface area contributed by atoms with Gasteiger partial charge in [0.15, 0.2) is 29.7 Å². The van der Waals surface area contributed by atoms with Crippen molar-refractivity contribution >= 4 is 39.1 Å². The molecule has 222 valence electrons. The zero-order valence-corrected chi connectivity index (χ0v) is 26.9. The third-order valence-corrected chi connectivity index (χ3v) is 8.77. The summed E-state index contributed by atoms with van der Waals surface area (Å²) in [5.74, 6) is 1.18. The molecule has 2 aliphatic carbocycles. The van der Waals surface area contributed by atoms with Crippen LogP contribution in [-0.2, 0) is 19.1 Å². The highest BCUT2D eigenvalue weighted by molar-refractivity contribution is 9.10. The number of methoxy groups -OCH3 is 1. The second-order valence-electron chi connectivity index (χ2n) is 13.3. The minimum atomic E-state index is -0.567. The average molecular weight is 637 g/mol. The molecule has 0 atom stereocenters. The lowest BCUT2D eigenvalue weighted by Gasteiger charge is -2.42. The lowest BCUT2D eigenvalue weighted by molar-refractivity contribution is -0.120. The summed E-state index contributed by atoms with van der Waals surface area (Å²) < 4.78 is 18.6. The van der Waals surface area contributed by atoms with Gasteiger partial charge in [-0.05, 0) is 75.5 Å². The molecule has 1 N–H and O–H groups in total. The van der Waals surface area contributed by atoms with E-state index in [1.807, 2.05) is 38.1 Å². The Hall–Kier alpha value is -3.39. The van der Waals surface area contributed by atoms with E-state index in [0.29, 0.717) is 64.3 Å². The molecule has 0 bridgehead atoms. The molecule has 1 amide bonds. The molecule has 0 unspecified atom stereocenters. The topological polar surface area (TPSA) is 90.9 Å². The molecule has 0 fully saturated rings. The number of Topliss-reactive ketones (excluding diaryl/α,β-unsaturated/α-hetero) is 2. The fraction of sp³-hybridized carbons (Fsp3) is 0.441. The third kappa shape index (κ3) is 5.91. The van der Waals surface area contributed by atoms with Crippen LogP contribution < -0.4 is 14.8 Å². The number of rotatable bonds is 6. The largest absolute Gasteiger partial charge is 0.493 e. The van der Waals surface area contributed by atoms with E-state index >= 15 is 0 Å². The molecule has 3 aliphatic rings. The fourth-order valence-corrected chi connectivity index (χ4v) is 6.82. The first-order valence-corrected chi connectivity index (χ1v) is 15.0. The Kier molecular flexibility index (Phi) is 7.90. The maximum atomic E-state index is 13.6. The van der Waals surface area contributed by atoms with Gasteiger partial charge in [-0.2, -0.15) is 0 Å². The highest BCUT2D eigenvalue weighted by Crippen LogP contribution is 2.54. The molecule has 0 saturated heterocycles. The number of aryl methyl sites for hydroxylation is 2. The van der Waals surface area contributed by atoms with E-state index in [0.717, 1.165) is 22.4 Å². The van der Waals surface area contributed by atoms with E-state index in [9.17, 15) is 14.4 Å². The van der Waals surface area contributed by atoms with Crippen LogP contribution in [0.2, 0.25) is 0 Å². The van der Waals surface area contributed by atoms with E-state index in [2.05, 4.69) is 48.9 Å². The number of halogens is 1. The first-order valence-electron chi connectivity index (χ1n) is 14.3. The van der Waals surface area contributed by atoms with Crippen molar-refractivity contribution in [1.29, 1.82) is 0 Å². The van der Waals surface area contributed by atoms with Crippen LogP contribution >= 0.6 is 15.9 Å². The first-order chi connectivity index (χ1) is 19.7. The Morgan fingerprint density at radius 3 is 2.12 bits per heavy atom. The average Bonchev–Trinajstić information content (AvgIpc) is 2.87. The summed E-state index contributed by atoms with van der Waals surface area (Å²) in [5, 5.41) is 2.91. The van der Waals surface area contributed by atoms with Gasteiger partial charge in [-0.1, -0.05) is 39.8 Å². The summed E-state index contributed by atoms with van der Waals surface area (Å²) >= 11 is 3.62. The molecule has 7 nitrogen and oxygen atoms in total. The van der Waals surface area contributed by atoms with E-state index in [1.165, 1.54) is 7.11 Å². The predicted octanol–water partition coefficient (Wildman–Crippen LogP) is 7.49. The predicted molar refractivity (Wildman–Crippen MR) is 165 cm³/mol. The van der Waals surface area contributed by atoms with Crippen LogP contribution in [0.5, 0.6) is 11.5 Å². The number of anilines is 1. The summed E-state index contributed by atoms with van der Waals surface area (Å²) in [6, 6.07) is 9.52. The Labute approximate surface area is 255 Å². The quantitative estimate of drug-likeness (QED) is 0.354. The third-order valence-electron chi connectivity index (χ3n) is 8.18. The minimum absolute atomic E-state index is 0.00559. The monoisotopic (exact) mass is 635 g/mol. The van der Waals surface area contributed by atoms with Gasteiger partial charge in [0, 0.05) is 48.4 Å². The normalized spacial score (nSPS) is 19.6. The number of hydrogen-bond donors (Lipinski definition) is 1. The molecule has 5 rings (SSSR count). The van der Waals surface area contributed by atoms with Gasteiger partial charge >= 0.3 is 0 Å². The van der Waals surface area contributed by atoms with Crippen LogP contribution in [0.1, 0.15) is 76.0 Å². The molecular formula is C34H38BrNO6. The second-order valence-corrected chi connectivity index (χ2v) is 14.1. The number of amides is 1. The highest BCUT2D eigenvalue weighted by atomic mass is 79.9. The molecule has 8 heteroatoms. The molecule has 1 aliphatic heterocycles. The van der Waals surface area contributed by atoms with Gasteiger partial charge in [0.2, 0.25) is 0 Å². The Balaban J connectivity index is 1.50. The molecule has 2 aromatic rings. The molecule has 0 aromatic heterocycles. The van der Waals surface area contributed by atoms with Gasteiger partial charge in [0.25, 0.3) is 5.91 Å². The van der Waals surface area contributed by atoms with Crippen LogP contribution in [0.3, 0.4) is 0 Å². The SMILES string of the molecule is COc1cc(C2C3=C(CC(C)(C)CC3=O)OC3=C2C(=O)CC(C)(C)C3)cc(Br)c1OCC(=O)Nc1cc(C)ccc1C. The van der Waals surface area contributed by atoms with Crippen molar-refractivity contribution in [2.45, 2.75) is 73.1 Å². The number of ether oxygens (including phenoxy) is 3. The number of hydrogen-bond acceptors (Lipinski definition) is 6. The van der Waals surface area contributed by atoms with Crippen molar-refractivity contribution in [3.63, 3.8) is 0 Å². The van der Waals surface area contributed by atoms with Crippen LogP contribution in [0.15, 0.2) is 57.5 Å². The van der Waals surface area contributed by atoms with Gasteiger partial charge in [-0.3, -0.25) is 14.4 Å². The van der Waals surface area contributed by atoms with Crippen LogP contribution in [0.4, 0.5) is 5.69 Å². The standard InChI is InChI=1S/C34H38BrNO6/c1-18-8-9-19(2)22(10-18)36-28(39)17-41-32-21(35)11-20(12-25(32)40-7)29-30-23(37)13-33(3,4)15-26(30)42-27-16-34(5,6)14-24(38)31(27)29/h8-12,29H,13-17H2,1-7H3,(H,36,39). The first kappa shape index (κ1) is 30.1. The molecule has 0 spiro atoms. The van der Waals surface area contributed by atoms with E-state index in [1.54, 1.807) is 6.07 Å². The molecule has 0 saturated carbocycles. The fourth-order valence-electron chi connectivity index (χ4n) is 6.25. The molecule has 0 radical (unpaired) electrons. The summed E-state index contributed by atoms with van der Waals surface area (Å²) in [6.07, 6.45) is 1.99. The Bertz CT molecular complexity index is 1510. The van der Waals surface area contributed by atoms with E-state index < -0.39 is 5.92 Å². The van der Waals surface area contributed by atoms with Crippen molar-refractivity contribution in [2.75, 3.05) is 19.0 Å². The van der Waals surface area contributed by atoms with E-state index in [4.69, 9.17) is 14.2 Å². The van der Waals surface area contributed by atoms with Crippen molar-refractivity contribution in [3.05, 3.63) is 74.2 Å². The highest BCUT2D eigenvalue weighted by Gasteiger charge is 2.48. The smallest absolute Gasteiger partial charge is 0.262 e. The molecule has 2 aromatic carbocycles. The zero-order valence-electron chi connectivity index (χ0n) is 25.3. The number of carbonyl (C=O) groups excluding carboxylic acids is 3. The zero-order chi connectivity index (χ0) is 30.6. The number of carbonyl (C=O) groups is 3. The number of ketones is 2. The van der Waals surface area contributed by atoms with E-state index in [-0.39, 0.29) is 34.9 Å². The Morgan fingerprint density at radius 2 is 1.55 bits per heavy atom. The van der Waals surface area contributed by atoms with Crippen molar-refractivity contribution in [1.82, 2.24) is 0 Å². The van der Waals surface area contributed by atoms with Crippen LogP contribution in [0.25, 0.3) is 0 Å². The van der Waals surface area contributed by atoms with Gasteiger partial charge in [-0.25, -0.2) is 0 Å². The number of nitrogens with one attached hydrogen (secondary N) is 1. The Morgan fingerprint density at radius 1 is 0.952 bits per heavy atom. The number of allylic oxidation sites excluding steroid dienone is 4. The maximum Gasteiger partial charge on any atom is 0.262 e. The van der Waals surface area contributed by atoms with Gasteiger partial charge in [0.05, 0.1) is 11.6 Å². The van der Waals surface area contributed by atoms with Gasteiger partial charge in [0.1, 0.15) is 11.5 Å². The van der Waals surface area contributed by atoms with Crippen LogP contribution in [-0.4, -0.2) is 31.2 Å². The maximum absolute atomic E-state index is 13.6. The van der Waals surface area contributed by atoms with Gasteiger partial charge in [-0.15, -0.1) is 0 Å². The summed E-state index contributed by atoms with van der Waals surface area (Å²) in [4.78, 5) is 40.0. The lowest BCUT2D eigenvalue weighted by atomic mass is 9.65.